The summed E-state index contributed by atoms with van der Waals surface area (Å²) in [4.78, 5) is 37.0. The summed E-state index contributed by atoms with van der Waals surface area (Å²) in [6, 6.07) is 10.7. The van der Waals surface area contributed by atoms with Crippen LogP contribution >= 0.6 is 11.3 Å². The van der Waals surface area contributed by atoms with Crippen LogP contribution in [0.1, 0.15) is 43.1 Å². The second-order valence-corrected chi connectivity index (χ2v) is 8.73. The molecule has 0 saturated carbocycles. The first-order chi connectivity index (χ1) is 13.7. The van der Waals surface area contributed by atoms with Crippen LogP contribution < -0.4 is 5.43 Å². The first-order valence-corrected chi connectivity index (χ1v) is 10.4. The predicted molar refractivity (Wildman–Crippen MR) is 116 cm³/mol. The quantitative estimate of drug-likeness (QED) is 0.329. The van der Waals surface area contributed by atoms with Gasteiger partial charge in [0.25, 0.3) is 0 Å². The Morgan fingerprint density at radius 3 is 2.41 bits per heavy atom. The molecule has 2 aromatic carbocycles. The van der Waals surface area contributed by atoms with E-state index in [2.05, 4.69) is 0 Å². The number of benzene rings is 2. The first kappa shape index (κ1) is 21.0. The van der Waals surface area contributed by atoms with Crippen molar-refractivity contribution in [3.63, 3.8) is 0 Å². The van der Waals surface area contributed by atoms with Crippen molar-refractivity contribution >= 4 is 43.4 Å². The minimum atomic E-state index is -0.554. The largest absolute Gasteiger partial charge is 0.462 e. The molecule has 0 aliphatic heterocycles. The highest BCUT2D eigenvalue weighted by Gasteiger charge is 2.26. The van der Waals surface area contributed by atoms with Crippen LogP contribution in [0.15, 0.2) is 41.2 Å². The van der Waals surface area contributed by atoms with Gasteiger partial charge in [0, 0.05) is 20.2 Å². The minimum Gasteiger partial charge on any atom is -0.462 e. The molecule has 0 amide bonds. The maximum absolute atomic E-state index is 12.7. The fourth-order valence-electron chi connectivity index (χ4n) is 2.79. The van der Waals surface area contributed by atoms with Gasteiger partial charge >= 0.3 is 11.9 Å². The first-order valence-electron chi connectivity index (χ1n) is 9.54. The zero-order valence-corrected chi connectivity index (χ0v) is 17.9. The molecule has 0 unspecified atom stereocenters. The van der Waals surface area contributed by atoms with Gasteiger partial charge in [-0.3, -0.25) is 9.59 Å². The molecule has 0 saturated heterocycles. The third-order valence-corrected chi connectivity index (χ3v) is 6.18. The van der Waals surface area contributed by atoms with Crippen molar-refractivity contribution < 1.29 is 19.1 Å². The molecule has 0 spiro atoms. The van der Waals surface area contributed by atoms with Crippen LogP contribution in [-0.4, -0.2) is 25.2 Å². The molecule has 6 heteroatoms. The molecule has 0 atom stereocenters. The lowest BCUT2D eigenvalue weighted by molar-refractivity contribution is -0.155. The van der Waals surface area contributed by atoms with Crippen LogP contribution in [0.25, 0.3) is 20.2 Å². The molecule has 0 aliphatic carbocycles. The van der Waals surface area contributed by atoms with Gasteiger partial charge in [-0.15, -0.1) is 11.3 Å². The zero-order valence-electron chi connectivity index (χ0n) is 17.0. The fraction of sp³-hybridized carbons (Fsp3) is 0.348. The van der Waals surface area contributed by atoms with E-state index in [4.69, 9.17) is 9.47 Å². The van der Waals surface area contributed by atoms with E-state index < -0.39 is 11.4 Å². The summed E-state index contributed by atoms with van der Waals surface area (Å²) in [7, 11) is 0. The van der Waals surface area contributed by atoms with Crippen LogP contribution in [0.3, 0.4) is 0 Å². The predicted octanol–water partition coefficient (Wildman–Crippen LogP) is 4.86. The standard InChI is InChI=1S/C23H24O5S/c1-5-23(3,4)22(26)28-11-10-27-21(25)15-7-8-16-19(13-15)29-18-9-6-14(2)12-17(18)20(16)24/h6-9,12-13H,5,10-11H2,1-4H3. The second-order valence-electron chi connectivity index (χ2n) is 7.65. The van der Waals surface area contributed by atoms with Crippen LogP contribution in [0.5, 0.6) is 0 Å². The van der Waals surface area contributed by atoms with E-state index >= 15 is 0 Å². The lowest BCUT2D eigenvalue weighted by atomic mass is 9.91. The Hall–Kier alpha value is -2.73. The SMILES string of the molecule is CCC(C)(C)C(=O)OCCOC(=O)c1ccc2c(=O)c3cc(C)ccc3sc2c1. The van der Waals surface area contributed by atoms with E-state index in [1.165, 1.54) is 11.3 Å². The number of hydrogen-bond acceptors (Lipinski definition) is 6. The Labute approximate surface area is 173 Å². The van der Waals surface area contributed by atoms with Crippen molar-refractivity contribution in [2.45, 2.75) is 34.1 Å². The fourth-order valence-corrected chi connectivity index (χ4v) is 3.88. The van der Waals surface area contributed by atoms with E-state index in [0.717, 1.165) is 15.0 Å². The van der Waals surface area contributed by atoms with Crippen LogP contribution in [-0.2, 0) is 14.3 Å². The summed E-state index contributed by atoms with van der Waals surface area (Å²) in [6.07, 6.45) is 0.666. The van der Waals surface area contributed by atoms with Crippen LogP contribution in [0.4, 0.5) is 0 Å². The van der Waals surface area contributed by atoms with E-state index in [0.29, 0.717) is 22.8 Å². The van der Waals surface area contributed by atoms with E-state index in [1.807, 2.05) is 45.9 Å². The Morgan fingerprint density at radius 1 is 0.966 bits per heavy atom. The molecule has 0 aliphatic rings. The summed E-state index contributed by atoms with van der Waals surface area (Å²) in [6.45, 7) is 7.49. The maximum Gasteiger partial charge on any atom is 0.338 e. The molecule has 3 aromatic rings. The number of rotatable bonds is 6. The van der Waals surface area contributed by atoms with Crippen molar-refractivity contribution in [1.82, 2.24) is 0 Å². The Kier molecular flexibility index (Phi) is 6.03. The molecule has 3 rings (SSSR count). The molecule has 1 aromatic heterocycles. The van der Waals surface area contributed by atoms with Crippen molar-refractivity contribution in [3.8, 4) is 0 Å². The van der Waals surface area contributed by atoms with Gasteiger partial charge in [-0.05, 0) is 57.5 Å². The van der Waals surface area contributed by atoms with E-state index in [1.54, 1.807) is 18.2 Å². The highest BCUT2D eigenvalue weighted by atomic mass is 32.1. The van der Waals surface area contributed by atoms with Gasteiger partial charge in [-0.1, -0.05) is 18.6 Å². The summed E-state index contributed by atoms with van der Waals surface area (Å²) in [5, 5.41) is 1.27. The molecule has 5 nitrogen and oxygen atoms in total. The molecule has 0 radical (unpaired) electrons. The number of fused-ring (bicyclic) bond motifs is 2. The number of esters is 2. The molecular formula is C23H24O5S. The molecule has 0 bridgehead atoms. The summed E-state index contributed by atoms with van der Waals surface area (Å²) in [5.74, 6) is -0.824. The Bertz CT molecular complexity index is 1140. The minimum absolute atomic E-state index is 0.0128. The number of ether oxygens (including phenoxy) is 2. The van der Waals surface area contributed by atoms with Gasteiger partial charge in [0.1, 0.15) is 13.2 Å². The van der Waals surface area contributed by atoms with Gasteiger partial charge in [-0.2, -0.15) is 0 Å². The average molecular weight is 413 g/mol. The van der Waals surface area contributed by atoms with E-state index in [-0.39, 0.29) is 24.6 Å². The van der Waals surface area contributed by atoms with Gasteiger partial charge in [0.2, 0.25) is 0 Å². The van der Waals surface area contributed by atoms with Crippen molar-refractivity contribution in [3.05, 3.63) is 57.7 Å². The smallest absolute Gasteiger partial charge is 0.338 e. The number of carbonyl (C=O) groups excluding carboxylic acids is 2. The lowest BCUT2D eigenvalue weighted by Crippen LogP contribution is -2.27. The van der Waals surface area contributed by atoms with Crippen molar-refractivity contribution in [1.29, 1.82) is 0 Å². The second kappa shape index (κ2) is 8.33. The van der Waals surface area contributed by atoms with Crippen molar-refractivity contribution in [2.75, 3.05) is 13.2 Å². The molecular weight excluding hydrogens is 388 g/mol. The van der Waals surface area contributed by atoms with E-state index in [9.17, 15) is 14.4 Å². The monoisotopic (exact) mass is 412 g/mol. The van der Waals surface area contributed by atoms with Gasteiger partial charge < -0.3 is 9.47 Å². The zero-order chi connectivity index (χ0) is 21.2. The summed E-state index contributed by atoms with van der Waals surface area (Å²) >= 11 is 1.47. The number of aryl methyl sites for hydroxylation is 1. The maximum atomic E-state index is 12.7. The Morgan fingerprint density at radius 2 is 1.69 bits per heavy atom. The van der Waals surface area contributed by atoms with Crippen molar-refractivity contribution in [2.24, 2.45) is 5.41 Å². The highest BCUT2D eigenvalue weighted by Crippen LogP contribution is 2.26. The third-order valence-electron chi connectivity index (χ3n) is 5.05. The molecule has 0 N–H and O–H groups in total. The van der Waals surface area contributed by atoms with Crippen LogP contribution in [0.2, 0.25) is 0 Å². The third kappa shape index (κ3) is 4.48. The Balaban J connectivity index is 1.72. The highest BCUT2D eigenvalue weighted by molar-refractivity contribution is 7.24. The lowest BCUT2D eigenvalue weighted by Gasteiger charge is -2.20. The molecule has 1 heterocycles. The summed E-state index contributed by atoms with van der Waals surface area (Å²) < 4.78 is 12.0. The van der Waals surface area contributed by atoms with Gasteiger partial charge in [-0.25, -0.2) is 4.79 Å². The number of hydrogen-bond donors (Lipinski definition) is 0. The normalized spacial score (nSPS) is 11.6. The van der Waals surface area contributed by atoms with Gasteiger partial charge in [0.05, 0.1) is 11.0 Å². The summed E-state index contributed by atoms with van der Waals surface area (Å²) in [5.41, 5.74) is 0.799. The topological polar surface area (TPSA) is 69.7 Å². The number of carbonyl (C=O) groups is 2. The molecule has 29 heavy (non-hydrogen) atoms. The molecule has 0 fully saturated rings. The van der Waals surface area contributed by atoms with Crippen LogP contribution in [0, 0.1) is 12.3 Å². The van der Waals surface area contributed by atoms with Gasteiger partial charge in [0.15, 0.2) is 5.43 Å². The average Bonchev–Trinajstić information content (AvgIpc) is 2.71. The molecule has 152 valence electrons.